The van der Waals surface area contributed by atoms with Gasteiger partial charge in [0.1, 0.15) is 5.82 Å². The third kappa shape index (κ3) is 3.42. The SMILES string of the molecule is CCN(CC)CNc1ccccn1. The zero-order valence-electron chi connectivity index (χ0n) is 8.33. The van der Waals surface area contributed by atoms with Crippen LogP contribution >= 0.6 is 0 Å². The lowest BCUT2D eigenvalue weighted by Gasteiger charge is -2.18. The van der Waals surface area contributed by atoms with Crippen LogP contribution in [0.25, 0.3) is 0 Å². The van der Waals surface area contributed by atoms with Crippen molar-refractivity contribution in [3.63, 3.8) is 0 Å². The number of aromatic nitrogens is 1. The largest absolute Gasteiger partial charge is 0.357 e. The van der Waals surface area contributed by atoms with Gasteiger partial charge in [0, 0.05) is 6.20 Å². The smallest absolute Gasteiger partial charge is 0.126 e. The lowest BCUT2D eigenvalue weighted by molar-refractivity contribution is 0.325. The van der Waals surface area contributed by atoms with E-state index >= 15 is 0 Å². The molecule has 0 saturated carbocycles. The van der Waals surface area contributed by atoms with Gasteiger partial charge in [0.05, 0.1) is 6.67 Å². The summed E-state index contributed by atoms with van der Waals surface area (Å²) in [5.41, 5.74) is 0. The quantitative estimate of drug-likeness (QED) is 0.698. The first kappa shape index (κ1) is 9.99. The Morgan fingerprint density at radius 2 is 2.08 bits per heavy atom. The van der Waals surface area contributed by atoms with Crippen molar-refractivity contribution >= 4 is 5.82 Å². The number of rotatable bonds is 5. The van der Waals surface area contributed by atoms with E-state index < -0.39 is 0 Å². The Morgan fingerprint density at radius 3 is 2.62 bits per heavy atom. The monoisotopic (exact) mass is 179 g/mol. The Morgan fingerprint density at radius 1 is 1.31 bits per heavy atom. The van der Waals surface area contributed by atoms with Crippen molar-refractivity contribution in [2.75, 3.05) is 25.1 Å². The second-order valence-corrected chi connectivity index (χ2v) is 2.85. The minimum Gasteiger partial charge on any atom is -0.357 e. The minimum absolute atomic E-state index is 0.865. The number of hydrogen-bond donors (Lipinski definition) is 1. The highest BCUT2D eigenvalue weighted by Gasteiger charge is 1.97. The zero-order valence-corrected chi connectivity index (χ0v) is 8.33. The molecule has 0 amide bonds. The number of nitrogens with one attached hydrogen (secondary N) is 1. The molecule has 72 valence electrons. The van der Waals surface area contributed by atoms with Crippen molar-refractivity contribution in [1.29, 1.82) is 0 Å². The highest BCUT2D eigenvalue weighted by molar-refractivity contribution is 5.32. The number of anilines is 1. The fourth-order valence-corrected chi connectivity index (χ4v) is 1.11. The van der Waals surface area contributed by atoms with E-state index in [0.717, 1.165) is 25.6 Å². The fourth-order valence-electron chi connectivity index (χ4n) is 1.11. The number of pyridine rings is 1. The van der Waals surface area contributed by atoms with Gasteiger partial charge in [0.25, 0.3) is 0 Å². The Labute approximate surface area is 79.8 Å². The molecule has 1 rings (SSSR count). The maximum Gasteiger partial charge on any atom is 0.126 e. The molecule has 3 nitrogen and oxygen atoms in total. The molecule has 0 aliphatic rings. The van der Waals surface area contributed by atoms with Gasteiger partial charge in [-0.15, -0.1) is 0 Å². The van der Waals surface area contributed by atoms with Crippen molar-refractivity contribution in [3.8, 4) is 0 Å². The molecule has 0 aromatic carbocycles. The van der Waals surface area contributed by atoms with Crippen molar-refractivity contribution in [1.82, 2.24) is 9.88 Å². The molecule has 1 aromatic heterocycles. The Kier molecular flexibility index (Phi) is 4.26. The Balaban J connectivity index is 2.34. The van der Waals surface area contributed by atoms with E-state index in [1.165, 1.54) is 0 Å². The standard InChI is InChI=1S/C10H17N3/c1-3-13(4-2)9-12-10-7-5-6-8-11-10/h5-8H,3-4,9H2,1-2H3,(H,11,12). The molecule has 0 radical (unpaired) electrons. The van der Waals surface area contributed by atoms with E-state index in [-0.39, 0.29) is 0 Å². The summed E-state index contributed by atoms with van der Waals surface area (Å²) in [5.74, 6) is 0.939. The van der Waals surface area contributed by atoms with Crippen molar-refractivity contribution in [2.45, 2.75) is 13.8 Å². The third-order valence-corrected chi connectivity index (χ3v) is 2.04. The third-order valence-electron chi connectivity index (χ3n) is 2.04. The topological polar surface area (TPSA) is 28.2 Å². The predicted octanol–water partition coefficient (Wildman–Crippen LogP) is 1.79. The fraction of sp³-hybridized carbons (Fsp3) is 0.500. The summed E-state index contributed by atoms with van der Waals surface area (Å²) in [7, 11) is 0. The van der Waals surface area contributed by atoms with Crippen molar-refractivity contribution in [2.24, 2.45) is 0 Å². The van der Waals surface area contributed by atoms with Crippen LogP contribution in [0.15, 0.2) is 24.4 Å². The zero-order chi connectivity index (χ0) is 9.52. The van der Waals surface area contributed by atoms with E-state index in [4.69, 9.17) is 0 Å². The molecule has 0 fully saturated rings. The van der Waals surface area contributed by atoms with E-state index in [1.54, 1.807) is 6.20 Å². The summed E-state index contributed by atoms with van der Waals surface area (Å²) in [6.07, 6.45) is 1.80. The van der Waals surface area contributed by atoms with E-state index in [2.05, 4.69) is 29.0 Å². The van der Waals surface area contributed by atoms with Crippen LogP contribution < -0.4 is 5.32 Å². The molecular formula is C10H17N3. The first-order valence-corrected chi connectivity index (χ1v) is 4.74. The van der Waals surface area contributed by atoms with Crippen LogP contribution in [0, 0.1) is 0 Å². The Hall–Kier alpha value is -1.09. The van der Waals surface area contributed by atoms with Crippen LogP contribution in [0.3, 0.4) is 0 Å². The summed E-state index contributed by atoms with van der Waals surface area (Å²) in [6.45, 7) is 7.31. The molecule has 13 heavy (non-hydrogen) atoms. The number of nitrogens with zero attached hydrogens (tertiary/aromatic N) is 2. The van der Waals surface area contributed by atoms with Crippen LogP contribution in [-0.4, -0.2) is 29.6 Å². The summed E-state index contributed by atoms with van der Waals surface area (Å²) in [6, 6.07) is 5.88. The molecule has 0 aliphatic carbocycles. The van der Waals surface area contributed by atoms with Gasteiger partial charge >= 0.3 is 0 Å². The van der Waals surface area contributed by atoms with Gasteiger partial charge in [-0.25, -0.2) is 4.98 Å². The van der Waals surface area contributed by atoms with Crippen LogP contribution in [0.1, 0.15) is 13.8 Å². The molecule has 0 saturated heterocycles. The first-order chi connectivity index (χ1) is 6.36. The molecule has 1 heterocycles. The van der Waals surface area contributed by atoms with Crippen LogP contribution in [0.4, 0.5) is 5.82 Å². The van der Waals surface area contributed by atoms with E-state index in [9.17, 15) is 0 Å². The maximum atomic E-state index is 4.18. The number of hydrogen-bond acceptors (Lipinski definition) is 3. The molecule has 0 unspecified atom stereocenters. The van der Waals surface area contributed by atoms with Crippen molar-refractivity contribution < 1.29 is 0 Å². The van der Waals surface area contributed by atoms with Gasteiger partial charge in [-0.05, 0) is 25.2 Å². The highest BCUT2D eigenvalue weighted by atomic mass is 15.2. The van der Waals surface area contributed by atoms with Gasteiger partial charge in [-0.1, -0.05) is 19.9 Å². The van der Waals surface area contributed by atoms with E-state index in [1.807, 2.05) is 18.2 Å². The van der Waals surface area contributed by atoms with Crippen LogP contribution in [-0.2, 0) is 0 Å². The van der Waals surface area contributed by atoms with Gasteiger partial charge in [0.2, 0.25) is 0 Å². The average Bonchev–Trinajstić information content (AvgIpc) is 2.21. The van der Waals surface area contributed by atoms with Gasteiger partial charge in [-0.3, -0.25) is 4.90 Å². The minimum atomic E-state index is 0.865. The van der Waals surface area contributed by atoms with Crippen LogP contribution in [0.2, 0.25) is 0 Å². The lowest BCUT2D eigenvalue weighted by atomic mass is 10.4. The van der Waals surface area contributed by atoms with Gasteiger partial charge in [-0.2, -0.15) is 0 Å². The Bertz CT molecular complexity index is 219. The van der Waals surface area contributed by atoms with Crippen molar-refractivity contribution in [3.05, 3.63) is 24.4 Å². The summed E-state index contributed by atoms with van der Waals surface area (Å²) in [5, 5.41) is 3.26. The van der Waals surface area contributed by atoms with E-state index in [0.29, 0.717) is 0 Å². The normalized spacial score (nSPS) is 10.4. The summed E-state index contributed by atoms with van der Waals surface area (Å²) >= 11 is 0. The summed E-state index contributed by atoms with van der Waals surface area (Å²) < 4.78 is 0. The van der Waals surface area contributed by atoms with Crippen LogP contribution in [0.5, 0.6) is 0 Å². The lowest BCUT2D eigenvalue weighted by Crippen LogP contribution is -2.29. The molecule has 1 N–H and O–H groups in total. The highest BCUT2D eigenvalue weighted by Crippen LogP contribution is 1.99. The molecular weight excluding hydrogens is 162 g/mol. The second kappa shape index (κ2) is 5.54. The second-order valence-electron chi connectivity index (χ2n) is 2.85. The van der Waals surface area contributed by atoms with Gasteiger partial charge in [0.15, 0.2) is 0 Å². The van der Waals surface area contributed by atoms with Gasteiger partial charge < -0.3 is 5.32 Å². The molecule has 0 spiro atoms. The molecule has 0 atom stereocenters. The molecule has 3 heteroatoms. The molecule has 0 aliphatic heterocycles. The molecule has 0 bridgehead atoms. The predicted molar refractivity (Wildman–Crippen MR) is 55.6 cm³/mol. The maximum absolute atomic E-state index is 4.18. The molecule has 1 aromatic rings. The first-order valence-electron chi connectivity index (χ1n) is 4.74. The average molecular weight is 179 g/mol. The summed E-state index contributed by atoms with van der Waals surface area (Å²) in [4.78, 5) is 6.48.